The molecule has 3 aromatic carbocycles. The van der Waals surface area contributed by atoms with Gasteiger partial charge in [-0.3, -0.25) is 9.59 Å². The highest BCUT2D eigenvalue weighted by Crippen LogP contribution is 2.38. The summed E-state index contributed by atoms with van der Waals surface area (Å²) < 4.78 is 39.7. The van der Waals surface area contributed by atoms with E-state index in [4.69, 9.17) is 0 Å². The number of carbonyl (C=O) groups is 2. The topological polar surface area (TPSA) is 94.0 Å². The molecule has 0 spiro atoms. The van der Waals surface area contributed by atoms with E-state index in [9.17, 15) is 27.9 Å². The molecule has 1 heterocycles. The summed E-state index contributed by atoms with van der Waals surface area (Å²) in [4.78, 5) is 33.5. The summed E-state index contributed by atoms with van der Waals surface area (Å²) >= 11 is 0. The minimum atomic E-state index is -4.49. The molecule has 0 bridgehead atoms. The Balaban J connectivity index is 1.40. The summed E-state index contributed by atoms with van der Waals surface area (Å²) in [5.41, 5.74) is 0.990. The van der Waals surface area contributed by atoms with E-state index in [0.717, 1.165) is 30.5 Å². The van der Waals surface area contributed by atoms with Gasteiger partial charge in [0.25, 0.3) is 5.91 Å². The molecule has 1 aliphatic carbocycles. The molecular weight excluding hydrogens is 545 g/mol. The van der Waals surface area contributed by atoms with Crippen LogP contribution in [0.2, 0.25) is 0 Å². The number of anilines is 1. The number of aliphatic hydroxyl groups is 1. The van der Waals surface area contributed by atoms with E-state index >= 15 is 0 Å². The Morgan fingerprint density at radius 2 is 1.67 bits per heavy atom. The van der Waals surface area contributed by atoms with Gasteiger partial charge in [-0.05, 0) is 36.6 Å². The number of aliphatic imine (C=N–C) groups is 1. The Hall–Kier alpha value is -4.02. The van der Waals surface area contributed by atoms with Crippen molar-refractivity contribution >= 4 is 23.2 Å². The van der Waals surface area contributed by atoms with Gasteiger partial charge in [-0.15, -0.1) is 0 Å². The number of benzene rings is 3. The lowest BCUT2D eigenvalue weighted by atomic mass is 9.84. The molecule has 0 aromatic heterocycles. The Labute approximate surface area is 242 Å². The predicted molar refractivity (Wildman–Crippen MR) is 154 cm³/mol. The molecule has 3 N–H and O–H groups in total. The maximum Gasteiger partial charge on any atom is 0.416 e. The quantitative estimate of drug-likeness (QED) is 0.357. The van der Waals surface area contributed by atoms with Crippen LogP contribution in [0.15, 0.2) is 83.9 Å². The summed E-state index contributed by atoms with van der Waals surface area (Å²) in [6.45, 7) is 0.574. The zero-order valence-corrected chi connectivity index (χ0v) is 23.2. The first-order valence-electron chi connectivity index (χ1n) is 14.0. The Morgan fingerprint density at radius 3 is 2.33 bits per heavy atom. The van der Waals surface area contributed by atoms with Crippen LogP contribution in [0, 0.1) is 5.41 Å². The normalized spacial score (nSPS) is 19.1. The predicted octanol–water partition coefficient (Wildman–Crippen LogP) is 4.85. The Bertz CT molecular complexity index is 1450. The van der Waals surface area contributed by atoms with E-state index in [-0.39, 0.29) is 12.5 Å². The lowest BCUT2D eigenvalue weighted by Gasteiger charge is -2.30. The number of nitrogens with one attached hydrogen (secondary N) is 2. The van der Waals surface area contributed by atoms with Gasteiger partial charge in [-0.25, -0.2) is 4.99 Å². The van der Waals surface area contributed by atoms with E-state index < -0.39 is 35.3 Å². The number of nitrogens with zero attached hydrogens (tertiary/aromatic N) is 2. The number of halogens is 3. The number of fused-ring (bicyclic) bond motifs is 1. The third-order valence-electron chi connectivity index (χ3n) is 8.12. The number of hydrogen-bond acceptors (Lipinski definition) is 5. The van der Waals surface area contributed by atoms with E-state index in [1.165, 1.54) is 17.0 Å². The second kappa shape index (κ2) is 12.1. The lowest BCUT2D eigenvalue weighted by molar-refractivity contribution is -0.137. The van der Waals surface area contributed by atoms with Gasteiger partial charge < -0.3 is 20.6 Å². The first-order valence-corrected chi connectivity index (χ1v) is 14.0. The SMILES string of the molecule is CN1C(=O)C(NC(=O)C2(CNC[C@@H](O)c3ccccc3)CCCC2)N=C(c2ccc(C(F)(F)F)cc2)c2ccccc21. The summed E-state index contributed by atoms with van der Waals surface area (Å²) in [7, 11) is 1.59. The van der Waals surface area contributed by atoms with Crippen molar-refractivity contribution in [3.05, 3.63) is 101 Å². The molecule has 0 radical (unpaired) electrons. The molecule has 0 saturated heterocycles. The molecule has 42 heavy (non-hydrogen) atoms. The number of likely N-dealkylation sites (N-methyl/N-ethyl adjacent to an activating group) is 1. The van der Waals surface area contributed by atoms with E-state index in [1.807, 2.05) is 30.3 Å². The molecular formula is C32H33F3N4O3. The van der Waals surface area contributed by atoms with Crippen LogP contribution in [-0.4, -0.2) is 48.9 Å². The van der Waals surface area contributed by atoms with Gasteiger partial charge in [0.05, 0.1) is 28.5 Å². The summed E-state index contributed by atoms with van der Waals surface area (Å²) in [6.07, 6.45) is -3.59. The van der Waals surface area contributed by atoms with Crippen molar-refractivity contribution in [2.45, 2.75) is 44.1 Å². The monoisotopic (exact) mass is 578 g/mol. The molecule has 2 atom stereocenters. The first-order chi connectivity index (χ1) is 20.1. The van der Waals surface area contributed by atoms with Crippen molar-refractivity contribution in [1.29, 1.82) is 0 Å². The second-order valence-electron chi connectivity index (χ2n) is 10.9. The Morgan fingerprint density at radius 1 is 1.02 bits per heavy atom. The smallest absolute Gasteiger partial charge is 0.387 e. The maximum atomic E-state index is 13.8. The molecule has 10 heteroatoms. The van der Waals surface area contributed by atoms with Crippen molar-refractivity contribution in [3.8, 4) is 0 Å². The molecule has 1 unspecified atom stereocenters. The van der Waals surface area contributed by atoms with Crippen molar-refractivity contribution in [1.82, 2.24) is 10.6 Å². The zero-order valence-electron chi connectivity index (χ0n) is 23.2. The number of alkyl halides is 3. The van der Waals surface area contributed by atoms with E-state index in [1.54, 1.807) is 31.3 Å². The van der Waals surface area contributed by atoms with Crippen molar-refractivity contribution in [3.63, 3.8) is 0 Å². The van der Waals surface area contributed by atoms with E-state index in [0.29, 0.717) is 41.9 Å². The van der Waals surface area contributed by atoms with Crippen LogP contribution < -0.4 is 15.5 Å². The highest BCUT2D eigenvalue weighted by Gasteiger charge is 2.43. The van der Waals surface area contributed by atoms with Crippen molar-refractivity contribution in [2.75, 3.05) is 25.0 Å². The summed E-state index contributed by atoms with van der Waals surface area (Å²) in [6, 6.07) is 20.9. The molecule has 2 amide bonds. The number of benzodiazepines with no additional fused rings is 1. The number of carbonyl (C=O) groups excluding carboxylic acids is 2. The van der Waals surface area contributed by atoms with Crippen LogP contribution >= 0.6 is 0 Å². The number of aliphatic hydroxyl groups excluding tert-OH is 1. The second-order valence-corrected chi connectivity index (χ2v) is 10.9. The molecule has 3 aromatic rings. The van der Waals surface area contributed by atoms with Crippen LogP contribution in [0.3, 0.4) is 0 Å². The van der Waals surface area contributed by atoms with Gasteiger partial charge in [-0.2, -0.15) is 13.2 Å². The third kappa shape index (κ3) is 6.10. The summed E-state index contributed by atoms with van der Waals surface area (Å²) in [5.74, 6) is -0.784. The highest BCUT2D eigenvalue weighted by molar-refractivity contribution is 6.20. The molecule has 2 aliphatic rings. The minimum Gasteiger partial charge on any atom is -0.387 e. The fourth-order valence-electron chi connectivity index (χ4n) is 5.72. The Kier molecular flexibility index (Phi) is 8.47. The molecule has 220 valence electrons. The maximum absolute atomic E-state index is 13.8. The highest BCUT2D eigenvalue weighted by atomic mass is 19.4. The average Bonchev–Trinajstić information content (AvgIpc) is 3.45. The van der Waals surface area contributed by atoms with Crippen molar-refractivity contribution < 1.29 is 27.9 Å². The number of rotatable bonds is 8. The van der Waals surface area contributed by atoms with Gasteiger partial charge in [0.1, 0.15) is 0 Å². The van der Waals surface area contributed by atoms with E-state index in [2.05, 4.69) is 15.6 Å². The summed E-state index contributed by atoms with van der Waals surface area (Å²) in [5, 5.41) is 16.7. The number of hydrogen-bond donors (Lipinski definition) is 3. The van der Waals surface area contributed by atoms with Gasteiger partial charge in [0.15, 0.2) is 0 Å². The molecule has 1 fully saturated rings. The van der Waals surface area contributed by atoms with Crippen LogP contribution in [0.1, 0.15) is 54.0 Å². The molecule has 1 saturated carbocycles. The van der Waals surface area contributed by atoms with Gasteiger partial charge in [0, 0.05) is 31.3 Å². The van der Waals surface area contributed by atoms with Gasteiger partial charge in [0.2, 0.25) is 12.1 Å². The largest absolute Gasteiger partial charge is 0.416 e. The van der Waals surface area contributed by atoms with Crippen LogP contribution in [-0.2, 0) is 15.8 Å². The van der Waals surface area contributed by atoms with Gasteiger partial charge in [-0.1, -0.05) is 73.5 Å². The van der Waals surface area contributed by atoms with Crippen LogP contribution in [0.5, 0.6) is 0 Å². The number of amides is 2. The average molecular weight is 579 g/mol. The first kappa shape index (κ1) is 29.5. The minimum absolute atomic E-state index is 0.260. The standard InChI is InChI=1S/C32H33F3N4O3/c1-39-25-12-6-5-11-24(25)27(22-13-15-23(16-14-22)32(33,34)35)37-28(29(39)41)38-30(42)31(17-7-8-18-31)20-36-19-26(40)21-9-3-2-4-10-21/h2-6,9-16,26,28,36,40H,7-8,17-20H2,1H3,(H,38,42)/t26-,28?/m1/s1. The zero-order chi connectivity index (χ0) is 29.9. The van der Waals surface area contributed by atoms with Crippen LogP contribution in [0.4, 0.5) is 18.9 Å². The molecule has 1 aliphatic heterocycles. The van der Waals surface area contributed by atoms with Crippen LogP contribution in [0.25, 0.3) is 0 Å². The number of para-hydroxylation sites is 1. The fourth-order valence-corrected chi connectivity index (χ4v) is 5.72. The fraction of sp³-hybridized carbons (Fsp3) is 0.344. The lowest BCUT2D eigenvalue weighted by Crippen LogP contribution is -2.53. The van der Waals surface area contributed by atoms with Crippen molar-refractivity contribution in [2.24, 2.45) is 10.4 Å². The molecule has 7 nitrogen and oxygen atoms in total. The molecule has 5 rings (SSSR count). The van der Waals surface area contributed by atoms with Gasteiger partial charge >= 0.3 is 6.18 Å². The third-order valence-corrected chi connectivity index (χ3v) is 8.12.